The number of hydrogen-bond donors (Lipinski definition) is 1. The minimum Gasteiger partial charge on any atom is -0.492 e. The van der Waals surface area contributed by atoms with Gasteiger partial charge in [0, 0.05) is 19.6 Å². The molecule has 2 rings (SSSR count). The Bertz CT molecular complexity index is 355. The normalized spacial score (nSPS) is 20.2. The Hall–Kier alpha value is -1.13. The average Bonchev–Trinajstić information content (AvgIpc) is 2.78. The van der Waals surface area contributed by atoms with Gasteiger partial charge in [0.1, 0.15) is 18.5 Å². The fourth-order valence-corrected chi connectivity index (χ4v) is 2.20. The van der Waals surface area contributed by atoms with Crippen molar-refractivity contribution < 1.29 is 9.13 Å². The van der Waals surface area contributed by atoms with Crippen LogP contribution in [0.15, 0.2) is 24.3 Å². The summed E-state index contributed by atoms with van der Waals surface area (Å²) in [5.74, 6) is 0.867. The first-order valence-corrected chi connectivity index (χ1v) is 6.56. The second kappa shape index (κ2) is 6.71. The summed E-state index contributed by atoms with van der Waals surface area (Å²) in [5.41, 5.74) is 6.72. The maximum absolute atomic E-state index is 12.9. The molecule has 0 spiro atoms. The lowest BCUT2D eigenvalue weighted by Crippen LogP contribution is -2.26. The lowest BCUT2D eigenvalue weighted by molar-refractivity contribution is 0.224. The van der Waals surface area contributed by atoms with Gasteiger partial charge in [0.2, 0.25) is 0 Å². The van der Waals surface area contributed by atoms with Crippen molar-refractivity contribution in [3.63, 3.8) is 0 Å². The van der Waals surface area contributed by atoms with Crippen molar-refractivity contribution in [1.29, 1.82) is 0 Å². The molecule has 0 aliphatic carbocycles. The number of nitrogens with two attached hydrogens (primary N) is 1. The molecule has 3 nitrogen and oxygen atoms in total. The molecule has 1 unspecified atom stereocenters. The second-order valence-corrected chi connectivity index (χ2v) is 4.72. The van der Waals surface area contributed by atoms with Crippen molar-refractivity contribution in [2.24, 2.45) is 5.73 Å². The smallest absolute Gasteiger partial charge is 0.119 e. The molecule has 0 bridgehead atoms. The molecule has 0 amide bonds. The highest BCUT2D eigenvalue weighted by Gasteiger charge is 2.20. The molecule has 1 aromatic carbocycles. The van der Waals surface area contributed by atoms with Gasteiger partial charge in [-0.3, -0.25) is 4.90 Å². The van der Waals surface area contributed by atoms with Crippen LogP contribution in [0, 0.1) is 0 Å². The van der Waals surface area contributed by atoms with Gasteiger partial charge in [-0.15, -0.1) is 0 Å². The van der Waals surface area contributed by atoms with Gasteiger partial charge in [-0.05, 0) is 37.1 Å². The Labute approximate surface area is 108 Å². The van der Waals surface area contributed by atoms with Crippen LogP contribution in [0.1, 0.15) is 12.0 Å². The van der Waals surface area contributed by atoms with Gasteiger partial charge >= 0.3 is 0 Å². The fraction of sp³-hybridized carbons (Fsp3) is 0.571. The van der Waals surface area contributed by atoms with Gasteiger partial charge in [0.25, 0.3) is 0 Å². The van der Waals surface area contributed by atoms with E-state index in [1.165, 1.54) is 5.56 Å². The molecule has 1 fully saturated rings. The molecular formula is C14H21FN2O. The van der Waals surface area contributed by atoms with E-state index < -0.39 is 6.17 Å². The SMILES string of the molecule is NCCc1ccc(OCCN2CCC(F)C2)cc1. The first-order chi connectivity index (χ1) is 8.78. The lowest BCUT2D eigenvalue weighted by Gasteiger charge is -2.15. The van der Waals surface area contributed by atoms with Gasteiger partial charge in [-0.1, -0.05) is 12.1 Å². The third-order valence-electron chi connectivity index (χ3n) is 3.25. The Morgan fingerprint density at radius 3 is 2.72 bits per heavy atom. The summed E-state index contributed by atoms with van der Waals surface area (Å²) in [7, 11) is 0. The van der Waals surface area contributed by atoms with Crippen LogP contribution in [0.5, 0.6) is 5.75 Å². The maximum atomic E-state index is 12.9. The molecule has 100 valence electrons. The number of nitrogens with zero attached hydrogens (tertiary/aromatic N) is 1. The maximum Gasteiger partial charge on any atom is 0.119 e. The van der Waals surface area contributed by atoms with E-state index in [2.05, 4.69) is 4.90 Å². The Balaban J connectivity index is 1.69. The van der Waals surface area contributed by atoms with Crippen LogP contribution in [-0.2, 0) is 6.42 Å². The van der Waals surface area contributed by atoms with Crippen LogP contribution in [0.3, 0.4) is 0 Å². The van der Waals surface area contributed by atoms with Crippen LogP contribution >= 0.6 is 0 Å². The molecule has 1 aliphatic heterocycles. The van der Waals surface area contributed by atoms with Crippen LogP contribution in [0.2, 0.25) is 0 Å². The molecule has 1 saturated heterocycles. The molecule has 1 heterocycles. The molecular weight excluding hydrogens is 231 g/mol. The van der Waals surface area contributed by atoms with Crippen molar-refractivity contribution in [2.45, 2.75) is 19.0 Å². The third kappa shape index (κ3) is 3.96. The van der Waals surface area contributed by atoms with E-state index in [0.717, 1.165) is 25.3 Å². The minimum absolute atomic E-state index is 0.554. The molecule has 18 heavy (non-hydrogen) atoms. The van der Waals surface area contributed by atoms with Gasteiger partial charge < -0.3 is 10.5 Å². The number of benzene rings is 1. The predicted octanol–water partition coefficient (Wildman–Crippen LogP) is 1.61. The highest BCUT2D eigenvalue weighted by atomic mass is 19.1. The van der Waals surface area contributed by atoms with Gasteiger partial charge in [0.15, 0.2) is 0 Å². The van der Waals surface area contributed by atoms with Gasteiger partial charge in [-0.25, -0.2) is 4.39 Å². The van der Waals surface area contributed by atoms with E-state index in [1.807, 2.05) is 24.3 Å². The van der Waals surface area contributed by atoms with E-state index in [-0.39, 0.29) is 0 Å². The molecule has 1 aliphatic rings. The van der Waals surface area contributed by atoms with Crippen LogP contribution in [0.25, 0.3) is 0 Å². The van der Waals surface area contributed by atoms with E-state index in [4.69, 9.17) is 10.5 Å². The van der Waals surface area contributed by atoms with Crippen molar-refractivity contribution in [3.8, 4) is 5.75 Å². The van der Waals surface area contributed by atoms with Crippen LogP contribution in [0.4, 0.5) is 4.39 Å². The van der Waals surface area contributed by atoms with E-state index >= 15 is 0 Å². The Morgan fingerprint density at radius 2 is 2.11 bits per heavy atom. The molecule has 0 saturated carbocycles. The minimum atomic E-state index is -0.652. The highest BCUT2D eigenvalue weighted by Crippen LogP contribution is 2.14. The van der Waals surface area contributed by atoms with Crippen LogP contribution in [-0.4, -0.2) is 43.9 Å². The van der Waals surface area contributed by atoms with E-state index in [1.54, 1.807) is 0 Å². The average molecular weight is 252 g/mol. The molecule has 4 heteroatoms. The predicted molar refractivity (Wildman–Crippen MR) is 70.6 cm³/mol. The first kappa shape index (κ1) is 13.3. The number of rotatable bonds is 6. The van der Waals surface area contributed by atoms with Gasteiger partial charge in [-0.2, -0.15) is 0 Å². The molecule has 0 radical (unpaired) electrons. The topological polar surface area (TPSA) is 38.5 Å². The van der Waals surface area contributed by atoms with Gasteiger partial charge in [0.05, 0.1) is 0 Å². The second-order valence-electron chi connectivity index (χ2n) is 4.72. The first-order valence-electron chi connectivity index (χ1n) is 6.56. The monoisotopic (exact) mass is 252 g/mol. The number of ether oxygens (including phenoxy) is 1. The summed E-state index contributed by atoms with van der Waals surface area (Å²) in [5, 5.41) is 0. The summed E-state index contributed by atoms with van der Waals surface area (Å²) in [4.78, 5) is 2.10. The van der Waals surface area contributed by atoms with Crippen molar-refractivity contribution in [2.75, 3.05) is 32.8 Å². The van der Waals surface area contributed by atoms with Crippen molar-refractivity contribution in [3.05, 3.63) is 29.8 Å². The third-order valence-corrected chi connectivity index (χ3v) is 3.25. The highest BCUT2D eigenvalue weighted by molar-refractivity contribution is 5.27. The summed E-state index contributed by atoms with van der Waals surface area (Å²) in [6.07, 6.45) is 0.903. The zero-order chi connectivity index (χ0) is 12.8. The molecule has 1 atom stereocenters. The standard InChI is InChI=1S/C14H21FN2O/c15-13-6-8-17(11-13)9-10-18-14-3-1-12(2-4-14)5-7-16/h1-4,13H,5-11,16H2. The number of likely N-dealkylation sites (tertiary alicyclic amines) is 1. The fourth-order valence-electron chi connectivity index (χ4n) is 2.20. The van der Waals surface area contributed by atoms with Crippen LogP contribution < -0.4 is 10.5 Å². The zero-order valence-corrected chi connectivity index (χ0v) is 10.6. The summed E-state index contributed by atoms with van der Waals surface area (Å²) < 4.78 is 18.6. The summed E-state index contributed by atoms with van der Waals surface area (Å²) in [6.45, 7) is 3.48. The number of alkyl halides is 1. The van der Waals surface area contributed by atoms with E-state index in [0.29, 0.717) is 26.1 Å². The van der Waals surface area contributed by atoms with E-state index in [9.17, 15) is 4.39 Å². The largest absolute Gasteiger partial charge is 0.492 e. The Morgan fingerprint density at radius 1 is 1.33 bits per heavy atom. The molecule has 2 N–H and O–H groups in total. The zero-order valence-electron chi connectivity index (χ0n) is 10.6. The van der Waals surface area contributed by atoms with Crippen molar-refractivity contribution >= 4 is 0 Å². The quantitative estimate of drug-likeness (QED) is 0.836. The lowest BCUT2D eigenvalue weighted by atomic mass is 10.1. The summed E-state index contributed by atoms with van der Waals surface area (Å²) in [6, 6.07) is 8.01. The summed E-state index contributed by atoms with van der Waals surface area (Å²) >= 11 is 0. The Kier molecular flexibility index (Phi) is 4.96. The molecule has 1 aromatic rings. The molecule has 0 aromatic heterocycles. The number of hydrogen-bond acceptors (Lipinski definition) is 3. The number of halogens is 1. The van der Waals surface area contributed by atoms with Crippen molar-refractivity contribution in [1.82, 2.24) is 4.90 Å².